The van der Waals surface area contributed by atoms with Gasteiger partial charge in [0.1, 0.15) is 15.6 Å². The maximum absolute atomic E-state index is 13.0. The largest absolute Gasteiger partial charge is 0.433 e. The van der Waals surface area contributed by atoms with E-state index >= 15 is 0 Å². The van der Waals surface area contributed by atoms with Crippen LogP contribution in [0.1, 0.15) is 12.6 Å². The molecule has 1 unspecified atom stereocenters. The summed E-state index contributed by atoms with van der Waals surface area (Å²) in [6.07, 6.45) is -0.297. The van der Waals surface area contributed by atoms with Crippen LogP contribution in [0.15, 0.2) is 35.7 Å². The molecule has 4 aromatic heterocycles. The molecule has 0 saturated carbocycles. The van der Waals surface area contributed by atoms with E-state index < -0.39 is 22.7 Å². The van der Waals surface area contributed by atoms with Crippen molar-refractivity contribution in [1.29, 1.82) is 0 Å². The van der Waals surface area contributed by atoms with Gasteiger partial charge in [0, 0.05) is 25.2 Å². The molecule has 0 spiro atoms. The van der Waals surface area contributed by atoms with Crippen molar-refractivity contribution in [2.24, 2.45) is 7.05 Å². The summed E-state index contributed by atoms with van der Waals surface area (Å²) in [5, 5.41) is 0.765. The number of halogens is 3. The van der Waals surface area contributed by atoms with Crippen molar-refractivity contribution in [1.82, 2.24) is 29.5 Å². The number of nitrogens with zero attached hydrogens (tertiary/aromatic N) is 6. The molecule has 0 saturated heterocycles. The van der Waals surface area contributed by atoms with E-state index in [-0.39, 0.29) is 11.0 Å². The molecule has 0 fully saturated rings. The van der Waals surface area contributed by atoms with Gasteiger partial charge in [0.05, 0.1) is 28.0 Å². The van der Waals surface area contributed by atoms with Gasteiger partial charge in [-0.1, -0.05) is 6.92 Å². The molecular weight excluding hydrogens is 441 g/mol. The van der Waals surface area contributed by atoms with Gasteiger partial charge in [-0.15, -0.1) is 11.3 Å². The Hall–Kier alpha value is -2.77. The van der Waals surface area contributed by atoms with Gasteiger partial charge in [0.2, 0.25) is 0 Å². The molecule has 0 aliphatic heterocycles. The molecule has 0 aromatic carbocycles. The summed E-state index contributed by atoms with van der Waals surface area (Å²) >= 11 is 1.19. The molecule has 2 N–H and O–H groups in total. The number of hydrogen-bond donors (Lipinski definition) is 0. The van der Waals surface area contributed by atoms with Crippen LogP contribution in [0.2, 0.25) is 0 Å². The van der Waals surface area contributed by atoms with Crippen molar-refractivity contribution in [3.8, 4) is 21.5 Å². The van der Waals surface area contributed by atoms with E-state index in [9.17, 15) is 17.4 Å². The standard InChI is InChI=1S/C17H13F3N6OS2.H2O/c1-3-29(27)16-12(28-15(25-16)13-21-5-4-6-22-13)14-24-9-7-11(17(18,19)20)23-8-10(9)26(14)2;/h4-8H,3H2,1-2H3;1H2. The average Bonchev–Trinajstić information content (AvgIpc) is 3.29. The minimum atomic E-state index is -4.57. The number of alkyl halides is 3. The van der Waals surface area contributed by atoms with Gasteiger partial charge in [-0.3, -0.25) is 4.21 Å². The normalized spacial score (nSPS) is 12.7. The topological polar surface area (TPSA) is 118 Å². The van der Waals surface area contributed by atoms with Crippen molar-refractivity contribution in [2.75, 3.05) is 5.75 Å². The molecule has 4 rings (SSSR count). The first-order valence-corrected chi connectivity index (χ1v) is 10.5. The Morgan fingerprint density at radius 1 is 1.17 bits per heavy atom. The number of fused-ring (bicyclic) bond motifs is 1. The second-order valence-corrected chi connectivity index (χ2v) is 8.56. The van der Waals surface area contributed by atoms with Crippen molar-refractivity contribution in [3.05, 3.63) is 36.4 Å². The molecule has 0 aliphatic rings. The molecule has 30 heavy (non-hydrogen) atoms. The number of aryl methyl sites for hydroxylation is 1. The van der Waals surface area contributed by atoms with Crippen LogP contribution >= 0.6 is 11.3 Å². The lowest BCUT2D eigenvalue weighted by atomic mass is 10.3. The predicted octanol–water partition coefficient (Wildman–Crippen LogP) is 2.87. The van der Waals surface area contributed by atoms with E-state index in [0.29, 0.717) is 37.8 Å². The fourth-order valence-electron chi connectivity index (χ4n) is 2.69. The molecule has 158 valence electrons. The lowest BCUT2D eigenvalue weighted by molar-refractivity contribution is -0.141. The fraction of sp³-hybridized carbons (Fsp3) is 0.235. The minimum absolute atomic E-state index is 0. The lowest BCUT2D eigenvalue weighted by Crippen LogP contribution is -2.07. The van der Waals surface area contributed by atoms with Crippen molar-refractivity contribution in [3.63, 3.8) is 0 Å². The maximum Gasteiger partial charge on any atom is 0.433 e. The number of hydrogen-bond acceptors (Lipinski definition) is 7. The Labute approximate surface area is 174 Å². The quantitative estimate of drug-likeness (QED) is 0.466. The minimum Gasteiger partial charge on any atom is -0.412 e. The van der Waals surface area contributed by atoms with Gasteiger partial charge in [0.15, 0.2) is 16.7 Å². The van der Waals surface area contributed by atoms with E-state index in [1.54, 1.807) is 37.0 Å². The highest BCUT2D eigenvalue weighted by atomic mass is 32.2. The van der Waals surface area contributed by atoms with Crippen LogP contribution in [0.25, 0.3) is 32.6 Å². The molecule has 13 heteroatoms. The van der Waals surface area contributed by atoms with E-state index in [0.717, 1.165) is 12.3 Å². The Bertz CT molecular complexity index is 1220. The van der Waals surface area contributed by atoms with Crippen molar-refractivity contribution >= 4 is 33.2 Å². The fourth-order valence-corrected chi connectivity index (χ4v) is 4.85. The second-order valence-electron chi connectivity index (χ2n) is 5.91. The summed E-state index contributed by atoms with van der Waals surface area (Å²) in [6.45, 7) is 1.76. The molecular formula is C17H15F3N6O2S2. The number of pyridine rings is 1. The van der Waals surface area contributed by atoms with E-state index in [1.807, 2.05) is 0 Å². The Morgan fingerprint density at radius 3 is 2.50 bits per heavy atom. The molecule has 4 aromatic rings. The first-order chi connectivity index (χ1) is 13.8. The Balaban J connectivity index is 0.00000256. The third kappa shape index (κ3) is 3.82. The number of rotatable bonds is 4. The average molecular weight is 456 g/mol. The van der Waals surface area contributed by atoms with Crippen molar-refractivity contribution < 1.29 is 22.9 Å². The van der Waals surface area contributed by atoms with Crippen LogP contribution in [0.4, 0.5) is 13.2 Å². The molecule has 4 heterocycles. The summed E-state index contributed by atoms with van der Waals surface area (Å²) in [6, 6.07) is 2.57. The zero-order valence-corrected chi connectivity index (χ0v) is 17.3. The van der Waals surface area contributed by atoms with Gasteiger partial charge < -0.3 is 10.0 Å². The molecule has 0 amide bonds. The monoisotopic (exact) mass is 456 g/mol. The first-order valence-electron chi connectivity index (χ1n) is 8.36. The highest BCUT2D eigenvalue weighted by Crippen LogP contribution is 2.37. The van der Waals surface area contributed by atoms with Gasteiger partial charge in [-0.2, -0.15) is 13.2 Å². The van der Waals surface area contributed by atoms with Crippen LogP contribution in [-0.4, -0.2) is 44.9 Å². The van der Waals surface area contributed by atoms with E-state index in [4.69, 9.17) is 0 Å². The van der Waals surface area contributed by atoms with E-state index in [1.165, 1.54) is 11.3 Å². The molecule has 0 radical (unpaired) electrons. The van der Waals surface area contributed by atoms with Gasteiger partial charge in [-0.25, -0.2) is 24.9 Å². The first kappa shape index (κ1) is 21.9. The highest BCUT2D eigenvalue weighted by molar-refractivity contribution is 7.85. The van der Waals surface area contributed by atoms with Gasteiger partial charge in [-0.05, 0) is 12.1 Å². The predicted molar refractivity (Wildman–Crippen MR) is 106 cm³/mol. The SMILES string of the molecule is CCS(=O)c1nc(-c2ncccn2)sc1-c1nc2cc(C(F)(F)F)ncc2n1C.O. The lowest BCUT2D eigenvalue weighted by Gasteiger charge is -2.04. The summed E-state index contributed by atoms with van der Waals surface area (Å²) in [7, 11) is 0.254. The zero-order valence-electron chi connectivity index (χ0n) is 15.6. The van der Waals surface area contributed by atoms with Crippen LogP contribution in [0.3, 0.4) is 0 Å². The Morgan fingerprint density at radius 2 is 1.87 bits per heavy atom. The summed E-state index contributed by atoms with van der Waals surface area (Å²) < 4.78 is 53.2. The van der Waals surface area contributed by atoms with Crippen molar-refractivity contribution in [2.45, 2.75) is 18.1 Å². The second kappa shape index (κ2) is 8.16. The molecule has 1 atom stereocenters. The van der Waals surface area contributed by atoms with Crippen LogP contribution < -0.4 is 0 Å². The highest BCUT2D eigenvalue weighted by Gasteiger charge is 2.33. The molecule has 8 nitrogen and oxygen atoms in total. The Kier molecular flexibility index (Phi) is 5.97. The van der Waals surface area contributed by atoms with Gasteiger partial charge in [0.25, 0.3) is 0 Å². The summed E-state index contributed by atoms with van der Waals surface area (Å²) in [4.78, 5) is 21.1. The molecule has 0 bridgehead atoms. The van der Waals surface area contributed by atoms with E-state index in [2.05, 4.69) is 24.9 Å². The van der Waals surface area contributed by atoms with Crippen LogP contribution in [0.5, 0.6) is 0 Å². The van der Waals surface area contributed by atoms with Crippen LogP contribution in [0, 0.1) is 0 Å². The third-order valence-corrected chi connectivity index (χ3v) is 6.52. The number of thiazole rings is 1. The molecule has 0 aliphatic carbocycles. The summed E-state index contributed by atoms with van der Waals surface area (Å²) in [5.74, 6) is 1.06. The third-order valence-electron chi connectivity index (χ3n) is 4.09. The number of imidazole rings is 1. The number of aromatic nitrogens is 6. The maximum atomic E-state index is 13.0. The van der Waals surface area contributed by atoms with Crippen LogP contribution in [-0.2, 0) is 24.0 Å². The smallest absolute Gasteiger partial charge is 0.412 e. The zero-order chi connectivity index (χ0) is 20.8. The summed E-state index contributed by atoms with van der Waals surface area (Å²) in [5.41, 5.74) is -0.453. The van der Waals surface area contributed by atoms with Gasteiger partial charge >= 0.3 is 6.18 Å².